The van der Waals surface area contributed by atoms with Crippen LogP contribution in [-0.4, -0.2) is 25.4 Å². The van der Waals surface area contributed by atoms with Crippen LogP contribution in [0.5, 0.6) is 0 Å². The fraction of sp³-hybridized carbons (Fsp3) is 0.118. The second-order valence-corrected chi connectivity index (χ2v) is 5.90. The van der Waals surface area contributed by atoms with E-state index in [9.17, 15) is 22.8 Å². The zero-order valence-electron chi connectivity index (χ0n) is 13.6. The van der Waals surface area contributed by atoms with Crippen LogP contribution in [-0.2, 0) is 17.5 Å². The summed E-state index contributed by atoms with van der Waals surface area (Å²) in [5, 5.41) is 2.53. The van der Waals surface area contributed by atoms with Crippen molar-refractivity contribution in [1.82, 2.24) is 19.5 Å². The van der Waals surface area contributed by atoms with Gasteiger partial charge in [0.15, 0.2) is 0 Å². The lowest BCUT2D eigenvalue weighted by molar-refractivity contribution is -0.147. The number of para-hydroxylation sites is 2. The van der Waals surface area contributed by atoms with Crippen molar-refractivity contribution in [3.8, 4) is 0 Å². The normalized spacial score (nSPS) is 12.0. The summed E-state index contributed by atoms with van der Waals surface area (Å²) >= 11 is 0. The summed E-state index contributed by atoms with van der Waals surface area (Å²) < 4.78 is 40.7. The van der Waals surface area contributed by atoms with Gasteiger partial charge in [-0.15, -0.1) is 0 Å². The highest BCUT2D eigenvalue weighted by molar-refractivity contribution is 5.93. The number of aromatic amines is 2. The average Bonchev–Trinajstić information content (AvgIpc) is 3.14. The Balaban J connectivity index is 1.64. The van der Waals surface area contributed by atoms with Crippen LogP contribution < -0.4 is 11.0 Å². The fourth-order valence-electron chi connectivity index (χ4n) is 2.91. The van der Waals surface area contributed by atoms with Gasteiger partial charge in [-0.3, -0.25) is 4.79 Å². The number of imidazole rings is 2. The van der Waals surface area contributed by atoms with Crippen molar-refractivity contribution in [1.29, 1.82) is 0 Å². The molecule has 0 fully saturated rings. The Morgan fingerprint density at radius 2 is 1.85 bits per heavy atom. The molecule has 1 amide bonds. The first-order valence-corrected chi connectivity index (χ1v) is 7.85. The number of carbonyl (C=O) groups excluding carboxylic acids is 1. The summed E-state index contributed by atoms with van der Waals surface area (Å²) in [4.78, 5) is 32.3. The van der Waals surface area contributed by atoms with E-state index in [1.807, 2.05) is 0 Å². The van der Waals surface area contributed by atoms with Crippen molar-refractivity contribution >= 4 is 33.7 Å². The zero-order valence-corrected chi connectivity index (χ0v) is 13.6. The predicted molar refractivity (Wildman–Crippen MR) is 92.3 cm³/mol. The summed E-state index contributed by atoms with van der Waals surface area (Å²) in [6, 6.07) is 10.7. The summed E-state index contributed by atoms with van der Waals surface area (Å²) in [7, 11) is 0. The summed E-state index contributed by atoms with van der Waals surface area (Å²) in [5.74, 6) is -1.79. The van der Waals surface area contributed by atoms with Crippen molar-refractivity contribution < 1.29 is 18.0 Å². The van der Waals surface area contributed by atoms with E-state index in [0.29, 0.717) is 16.7 Å². The maximum atomic E-state index is 13.3. The highest BCUT2D eigenvalue weighted by Gasteiger charge is 2.38. The molecule has 2 heterocycles. The lowest BCUT2D eigenvalue weighted by atomic mass is 10.2. The van der Waals surface area contributed by atoms with Crippen LogP contribution in [0.3, 0.4) is 0 Å². The Labute approximate surface area is 148 Å². The first kappa shape index (κ1) is 16.9. The molecule has 27 heavy (non-hydrogen) atoms. The molecule has 0 aliphatic heterocycles. The number of hydrogen-bond acceptors (Lipinski definition) is 3. The summed E-state index contributed by atoms with van der Waals surface area (Å²) in [6.07, 6.45) is -4.69. The minimum Gasteiger partial charge on any atom is -0.324 e. The smallest absolute Gasteiger partial charge is 0.324 e. The third-order valence-electron chi connectivity index (χ3n) is 4.01. The van der Waals surface area contributed by atoms with Crippen LogP contribution in [0.2, 0.25) is 0 Å². The van der Waals surface area contributed by atoms with Crippen molar-refractivity contribution in [3.63, 3.8) is 0 Å². The van der Waals surface area contributed by atoms with Crippen LogP contribution in [0.1, 0.15) is 5.82 Å². The number of anilines is 1. The fourth-order valence-corrected chi connectivity index (χ4v) is 2.91. The second kappa shape index (κ2) is 6.01. The SMILES string of the molecule is O=C(Cn1c(C(F)(F)F)nc2ccccc21)Nc1ccc2[nH]c(=O)[nH]c2c1. The maximum Gasteiger partial charge on any atom is 0.449 e. The molecular formula is C17H12F3N5O2. The highest BCUT2D eigenvalue weighted by atomic mass is 19.4. The molecule has 138 valence electrons. The van der Waals surface area contributed by atoms with E-state index in [-0.39, 0.29) is 11.0 Å². The standard InChI is InChI=1S/C17H12F3N5O2/c18-17(19,20)15-22-11-3-1-2-4-13(11)25(15)8-14(26)21-9-5-6-10-12(7-9)24-16(27)23-10/h1-7H,8H2,(H,21,26)(H2,23,24,27). The van der Waals surface area contributed by atoms with Crippen LogP contribution >= 0.6 is 0 Å². The van der Waals surface area contributed by atoms with Crippen LogP contribution in [0, 0.1) is 0 Å². The molecule has 0 atom stereocenters. The lowest BCUT2D eigenvalue weighted by Crippen LogP contribution is -2.23. The molecule has 0 saturated carbocycles. The van der Waals surface area contributed by atoms with Gasteiger partial charge in [0.05, 0.1) is 22.1 Å². The number of alkyl halides is 3. The molecular weight excluding hydrogens is 363 g/mol. The number of nitrogens with one attached hydrogen (secondary N) is 3. The van der Waals surface area contributed by atoms with E-state index in [0.717, 1.165) is 4.57 Å². The number of fused-ring (bicyclic) bond motifs is 2. The molecule has 10 heteroatoms. The quantitative estimate of drug-likeness (QED) is 0.514. The number of hydrogen-bond donors (Lipinski definition) is 3. The Morgan fingerprint density at radius 3 is 2.63 bits per heavy atom. The van der Waals surface area contributed by atoms with Crippen molar-refractivity contribution in [3.05, 3.63) is 58.8 Å². The van der Waals surface area contributed by atoms with E-state index < -0.39 is 30.1 Å². The molecule has 0 aliphatic carbocycles. The molecule has 4 rings (SSSR count). The van der Waals surface area contributed by atoms with Crippen LogP contribution in [0.25, 0.3) is 22.1 Å². The van der Waals surface area contributed by atoms with Gasteiger partial charge in [0.25, 0.3) is 0 Å². The van der Waals surface area contributed by atoms with E-state index in [4.69, 9.17) is 0 Å². The molecule has 0 radical (unpaired) electrons. The maximum absolute atomic E-state index is 13.3. The Hall–Kier alpha value is -3.56. The van der Waals surface area contributed by atoms with Gasteiger partial charge < -0.3 is 19.9 Å². The van der Waals surface area contributed by atoms with Gasteiger partial charge in [-0.25, -0.2) is 9.78 Å². The topological polar surface area (TPSA) is 95.6 Å². The Bertz CT molecular complexity index is 1220. The van der Waals surface area contributed by atoms with E-state index >= 15 is 0 Å². The second-order valence-electron chi connectivity index (χ2n) is 5.90. The minimum atomic E-state index is -4.69. The number of benzene rings is 2. The third-order valence-corrected chi connectivity index (χ3v) is 4.01. The van der Waals surface area contributed by atoms with Gasteiger partial charge in [-0.05, 0) is 30.3 Å². The van der Waals surface area contributed by atoms with Crippen LogP contribution in [0.4, 0.5) is 18.9 Å². The number of halogens is 3. The largest absolute Gasteiger partial charge is 0.449 e. The van der Waals surface area contributed by atoms with Crippen LogP contribution in [0.15, 0.2) is 47.3 Å². The number of H-pyrrole nitrogens is 2. The number of amides is 1. The first-order chi connectivity index (χ1) is 12.8. The third kappa shape index (κ3) is 3.16. The molecule has 0 saturated heterocycles. The molecule has 0 aliphatic rings. The molecule has 2 aromatic carbocycles. The molecule has 0 spiro atoms. The molecule has 4 aromatic rings. The molecule has 0 bridgehead atoms. The van der Waals surface area contributed by atoms with Gasteiger partial charge in [0.1, 0.15) is 6.54 Å². The van der Waals surface area contributed by atoms with Gasteiger partial charge in [-0.2, -0.15) is 13.2 Å². The van der Waals surface area contributed by atoms with Gasteiger partial charge in [-0.1, -0.05) is 12.1 Å². The van der Waals surface area contributed by atoms with Crippen molar-refractivity contribution in [2.45, 2.75) is 12.7 Å². The number of aromatic nitrogens is 4. The zero-order chi connectivity index (χ0) is 19.2. The minimum absolute atomic E-state index is 0.156. The molecule has 0 unspecified atom stereocenters. The van der Waals surface area contributed by atoms with Gasteiger partial charge in [0.2, 0.25) is 11.7 Å². The molecule has 2 aromatic heterocycles. The Kier molecular flexibility index (Phi) is 3.76. The monoisotopic (exact) mass is 375 g/mol. The van der Waals surface area contributed by atoms with Crippen molar-refractivity contribution in [2.24, 2.45) is 0 Å². The van der Waals surface area contributed by atoms with Crippen molar-refractivity contribution in [2.75, 3.05) is 5.32 Å². The number of rotatable bonds is 3. The average molecular weight is 375 g/mol. The Morgan fingerprint density at radius 1 is 1.11 bits per heavy atom. The summed E-state index contributed by atoms with van der Waals surface area (Å²) in [5.41, 5.74) is 1.35. The highest BCUT2D eigenvalue weighted by Crippen LogP contribution is 2.31. The number of carbonyl (C=O) groups is 1. The van der Waals surface area contributed by atoms with E-state index in [1.165, 1.54) is 18.2 Å². The van der Waals surface area contributed by atoms with E-state index in [2.05, 4.69) is 20.3 Å². The lowest BCUT2D eigenvalue weighted by Gasteiger charge is -2.11. The first-order valence-electron chi connectivity index (χ1n) is 7.85. The van der Waals surface area contributed by atoms with E-state index in [1.54, 1.807) is 24.3 Å². The summed E-state index contributed by atoms with van der Waals surface area (Å²) in [6.45, 7) is -0.558. The number of nitrogens with zero attached hydrogens (tertiary/aromatic N) is 2. The predicted octanol–water partition coefficient (Wildman–Crippen LogP) is 2.86. The van der Waals surface area contributed by atoms with Gasteiger partial charge in [0, 0.05) is 5.69 Å². The molecule has 7 nitrogen and oxygen atoms in total. The van der Waals surface area contributed by atoms with Gasteiger partial charge >= 0.3 is 11.9 Å². The molecule has 3 N–H and O–H groups in total.